The smallest absolute Gasteiger partial charge is 0.306 e. The quantitative estimate of drug-likeness (QED) is 0.480. The van der Waals surface area contributed by atoms with E-state index >= 15 is 0 Å². The number of aromatic nitrogens is 1. The Morgan fingerprint density at radius 3 is 2.67 bits per heavy atom. The lowest BCUT2D eigenvalue weighted by atomic mass is 9.79. The number of halogens is 1. The fraction of sp³-hybridized carbons (Fsp3) is 0.333. The number of anilines is 1. The van der Waals surface area contributed by atoms with Crippen LogP contribution in [0.2, 0.25) is 5.02 Å². The molecule has 2 aromatic carbocycles. The van der Waals surface area contributed by atoms with Gasteiger partial charge in [0.1, 0.15) is 17.3 Å². The molecule has 0 unspecified atom stereocenters. The second-order valence-electron chi connectivity index (χ2n) is 7.96. The minimum Gasteiger partial charge on any atom is -0.481 e. The summed E-state index contributed by atoms with van der Waals surface area (Å²) in [6.07, 6.45) is 5.07. The first kappa shape index (κ1) is 20.5. The maximum Gasteiger partial charge on any atom is 0.306 e. The van der Waals surface area contributed by atoms with Crippen molar-refractivity contribution in [1.82, 2.24) is 4.98 Å². The molecule has 6 heteroatoms. The molecular weight excluding hydrogens is 400 g/mol. The van der Waals surface area contributed by atoms with Crippen molar-refractivity contribution in [2.75, 3.05) is 5.32 Å². The fourth-order valence-corrected chi connectivity index (χ4v) is 4.43. The lowest BCUT2D eigenvalue weighted by Crippen LogP contribution is -2.31. The van der Waals surface area contributed by atoms with E-state index in [1.54, 1.807) is 12.3 Å². The van der Waals surface area contributed by atoms with Gasteiger partial charge in [0.2, 0.25) is 0 Å². The molecule has 0 saturated heterocycles. The number of ether oxygens (including phenoxy) is 1. The molecule has 0 aliphatic heterocycles. The maximum absolute atomic E-state index is 11.2. The molecule has 0 bridgehead atoms. The van der Waals surface area contributed by atoms with Crippen LogP contribution in [0.1, 0.15) is 32.6 Å². The van der Waals surface area contributed by atoms with Gasteiger partial charge in [-0.25, -0.2) is 4.98 Å². The van der Waals surface area contributed by atoms with Gasteiger partial charge < -0.3 is 15.2 Å². The second-order valence-corrected chi connectivity index (χ2v) is 8.39. The number of nitrogens with one attached hydrogen (secondary N) is 1. The van der Waals surface area contributed by atoms with Gasteiger partial charge in [0.25, 0.3) is 0 Å². The molecule has 156 valence electrons. The zero-order chi connectivity index (χ0) is 21.1. The Bertz CT molecular complexity index is 1040. The number of carboxylic acids is 1. The highest BCUT2D eigenvalue weighted by Gasteiger charge is 2.29. The third-order valence-electron chi connectivity index (χ3n) is 5.97. The summed E-state index contributed by atoms with van der Waals surface area (Å²) in [4.78, 5) is 15.8. The highest BCUT2D eigenvalue weighted by molar-refractivity contribution is 6.30. The third kappa shape index (κ3) is 4.51. The first-order valence-electron chi connectivity index (χ1n) is 10.3. The summed E-state index contributed by atoms with van der Waals surface area (Å²) in [7, 11) is 0. The van der Waals surface area contributed by atoms with Gasteiger partial charge in [-0.15, -0.1) is 0 Å². The van der Waals surface area contributed by atoms with Crippen molar-refractivity contribution in [3.8, 4) is 11.5 Å². The predicted molar refractivity (Wildman–Crippen MR) is 119 cm³/mol. The van der Waals surface area contributed by atoms with E-state index in [4.69, 9.17) is 16.3 Å². The first-order chi connectivity index (χ1) is 14.5. The number of pyridine rings is 1. The van der Waals surface area contributed by atoms with Gasteiger partial charge in [0.05, 0.1) is 11.3 Å². The Morgan fingerprint density at radius 1 is 1.17 bits per heavy atom. The van der Waals surface area contributed by atoms with E-state index in [1.807, 2.05) is 42.5 Å². The van der Waals surface area contributed by atoms with Crippen LogP contribution in [-0.2, 0) is 4.79 Å². The van der Waals surface area contributed by atoms with Crippen molar-refractivity contribution < 1.29 is 14.6 Å². The summed E-state index contributed by atoms with van der Waals surface area (Å²) in [5, 5.41) is 15.4. The van der Waals surface area contributed by atoms with Gasteiger partial charge in [-0.1, -0.05) is 29.8 Å². The molecule has 1 atom stereocenters. The van der Waals surface area contributed by atoms with E-state index in [1.165, 1.54) is 0 Å². The molecule has 1 fully saturated rings. The SMILES string of the molecule is C[C@H](Nc1nccc2cccc(Oc3cccc(Cl)c3)c12)C1CCC(C(=O)O)CC1. The van der Waals surface area contributed by atoms with Crippen molar-refractivity contribution in [3.05, 3.63) is 59.8 Å². The molecule has 4 rings (SSSR count). The van der Waals surface area contributed by atoms with Crippen LogP contribution in [-0.4, -0.2) is 22.1 Å². The van der Waals surface area contributed by atoms with Gasteiger partial charge in [0.15, 0.2) is 0 Å². The van der Waals surface area contributed by atoms with E-state index in [2.05, 4.69) is 17.2 Å². The molecule has 1 heterocycles. The first-order valence-corrected chi connectivity index (χ1v) is 10.7. The number of carbonyl (C=O) groups is 1. The van der Waals surface area contributed by atoms with Gasteiger partial charge >= 0.3 is 5.97 Å². The number of hydrogen-bond donors (Lipinski definition) is 2. The van der Waals surface area contributed by atoms with Crippen molar-refractivity contribution in [2.24, 2.45) is 11.8 Å². The zero-order valence-corrected chi connectivity index (χ0v) is 17.6. The van der Waals surface area contributed by atoms with Crippen LogP contribution in [0.4, 0.5) is 5.82 Å². The topological polar surface area (TPSA) is 71.5 Å². The van der Waals surface area contributed by atoms with Crippen molar-refractivity contribution in [3.63, 3.8) is 0 Å². The normalized spacial score (nSPS) is 19.9. The fourth-order valence-electron chi connectivity index (χ4n) is 4.25. The number of fused-ring (bicyclic) bond motifs is 1. The monoisotopic (exact) mass is 424 g/mol. The Labute approximate surface area is 181 Å². The van der Waals surface area contributed by atoms with Gasteiger partial charge in [-0.05, 0) is 74.2 Å². The zero-order valence-electron chi connectivity index (χ0n) is 16.8. The number of rotatable bonds is 6. The standard InChI is InChI=1S/C24H25ClN2O3/c1-15(16-8-10-18(11-9-16)24(28)29)27-23-22-17(12-13-26-23)4-2-7-21(22)30-20-6-3-5-19(25)14-20/h2-7,12-16,18H,8-11H2,1H3,(H,26,27)(H,28,29)/t15-,16?,18?/m0/s1. The number of aliphatic carboxylic acids is 1. The minimum atomic E-state index is -0.674. The number of carboxylic acid groups (broad SMARTS) is 1. The number of hydrogen-bond acceptors (Lipinski definition) is 4. The van der Waals surface area contributed by atoms with Crippen LogP contribution in [0.25, 0.3) is 10.8 Å². The van der Waals surface area contributed by atoms with Crippen molar-refractivity contribution in [1.29, 1.82) is 0 Å². The highest BCUT2D eigenvalue weighted by Crippen LogP contribution is 2.37. The molecule has 5 nitrogen and oxygen atoms in total. The Hall–Kier alpha value is -2.79. The molecule has 1 saturated carbocycles. The summed E-state index contributed by atoms with van der Waals surface area (Å²) in [6.45, 7) is 2.15. The van der Waals surface area contributed by atoms with Crippen molar-refractivity contribution >= 4 is 34.2 Å². The van der Waals surface area contributed by atoms with Crippen LogP contribution >= 0.6 is 11.6 Å². The van der Waals surface area contributed by atoms with Crippen LogP contribution in [0, 0.1) is 11.8 Å². The molecule has 2 N–H and O–H groups in total. The predicted octanol–water partition coefficient (Wildman–Crippen LogP) is 6.37. The van der Waals surface area contributed by atoms with Crippen LogP contribution in [0.15, 0.2) is 54.7 Å². The lowest BCUT2D eigenvalue weighted by Gasteiger charge is -2.31. The Balaban J connectivity index is 1.57. The number of benzene rings is 2. The molecule has 0 amide bonds. The summed E-state index contributed by atoms with van der Waals surface area (Å²) >= 11 is 6.10. The van der Waals surface area contributed by atoms with Gasteiger partial charge in [0, 0.05) is 17.3 Å². The summed E-state index contributed by atoms with van der Waals surface area (Å²) < 4.78 is 6.15. The van der Waals surface area contributed by atoms with E-state index in [-0.39, 0.29) is 12.0 Å². The molecule has 30 heavy (non-hydrogen) atoms. The number of nitrogens with zero attached hydrogens (tertiary/aromatic N) is 1. The third-order valence-corrected chi connectivity index (χ3v) is 6.20. The van der Waals surface area contributed by atoms with Crippen molar-refractivity contribution in [2.45, 2.75) is 38.6 Å². The van der Waals surface area contributed by atoms with Crippen LogP contribution in [0.5, 0.6) is 11.5 Å². The van der Waals surface area contributed by atoms with Gasteiger partial charge in [-0.2, -0.15) is 0 Å². The molecule has 0 spiro atoms. The highest BCUT2D eigenvalue weighted by atomic mass is 35.5. The minimum absolute atomic E-state index is 0.178. The Kier molecular flexibility index (Phi) is 6.09. The summed E-state index contributed by atoms with van der Waals surface area (Å²) in [6, 6.07) is 15.4. The van der Waals surface area contributed by atoms with E-state index in [9.17, 15) is 9.90 Å². The average molecular weight is 425 g/mol. The van der Waals surface area contributed by atoms with Gasteiger partial charge in [-0.3, -0.25) is 4.79 Å². The molecule has 1 aliphatic carbocycles. The molecule has 1 aliphatic rings. The molecule has 1 aromatic heterocycles. The van der Waals surface area contributed by atoms with E-state index < -0.39 is 5.97 Å². The maximum atomic E-state index is 11.2. The lowest BCUT2D eigenvalue weighted by molar-refractivity contribution is -0.143. The summed E-state index contributed by atoms with van der Waals surface area (Å²) in [5.74, 6) is 1.70. The molecular formula is C24H25ClN2O3. The average Bonchev–Trinajstić information content (AvgIpc) is 2.74. The molecule has 0 radical (unpaired) electrons. The largest absolute Gasteiger partial charge is 0.481 e. The summed E-state index contributed by atoms with van der Waals surface area (Å²) in [5.41, 5.74) is 0. The second kappa shape index (κ2) is 8.92. The van der Waals surface area contributed by atoms with E-state index in [0.29, 0.717) is 22.4 Å². The Morgan fingerprint density at radius 2 is 1.93 bits per heavy atom. The van der Waals surface area contributed by atoms with Crippen LogP contribution in [0.3, 0.4) is 0 Å². The van der Waals surface area contributed by atoms with E-state index in [0.717, 1.165) is 42.3 Å². The van der Waals surface area contributed by atoms with Crippen LogP contribution < -0.4 is 10.1 Å². The molecule has 3 aromatic rings.